The van der Waals surface area contributed by atoms with Crippen LogP contribution in [0.25, 0.3) is 0 Å². The van der Waals surface area contributed by atoms with Crippen LogP contribution in [0, 0.1) is 0 Å². The van der Waals surface area contributed by atoms with E-state index in [2.05, 4.69) is 112 Å². The van der Waals surface area contributed by atoms with Crippen molar-refractivity contribution in [3.8, 4) is 0 Å². The van der Waals surface area contributed by atoms with Gasteiger partial charge in [-0.3, -0.25) is 14.4 Å². The molecule has 1 rings (SSSR count). The van der Waals surface area contributed by atoms with E-state index in [9.17, 15) is 34.5 Å². The molecule has 1 aliphatic rings. The smallest absolute Gasteiger partial charge is 0.335 e. The van der Waals surface area contributed by atoms with E-state index in [0.717, 1.165) is 89.9 Å². The third kappa shape index (κ3) is 40.3. The molecule has 0 saturated carbocycles. The average molecular weight is 1050 g/mol. The van der Waals surface area contributed by atoms with E-state index in [1.807, 2.05) is 18.2 Å². The Kier molecular flexibility index (Phi) is 45.8. The molecule has 3 N–H and O–H groups in total. The Morgan fingerprint density at radius 2 is 0.867 bits per heavy atom. The van der Waals surface area contributed by atoms with Gasteiger partial charge < -0.3 is 39.0 Å². The maximum Gasteiger partial charge on any atom is 0.335 e. The molecule has 0 aromatic heterocycles. The number of aliphatic carboxylic acids is 1. The largest absolute Gasteiger partial charge is 0.479 e. The molecule has 1 saturated heterocycles. The zero-order valence-electron chi connectivity index (χ0n) is 46.5. The van der Waals surface area contributed by atoms with Gasteiger partial charge in [-0.1, -0.05) is 194 Å². The Hall–Kier alpha value is -4.62. The lowest BCUT2D eigenvalue weighted by Crippen LogP contribution is -2.61. The molecular formula is C63H100O12. The number of hydrogen-bond donors (Lipinski definition) is 3. The third-order valence-corrected chi connectivity index (χ3v) is 12.3. The first kappa shape index (κ1) is 68.4. The van der Waals surface area contributed by atoms with Gasteiger partial charge in [-0.05, 0) is 109 Å². The molecule has 424 valence electrons. The van der Waals surface area contributed by atoms with Crippen molar-refractivity contribution in [3.05, 3.63) is 109 Å². The fourth-order valence-electron chi connectivity index (χ4n) is 7.95. The van der Waals surface area contributed by atoms with Crippen LogP contribution in [0.15, 0.2) is 109 Å². The molecule has 12 heteroatoms. The minimum Gasteiger partial charge on any atom is -0.479 e. The van der Waals surface area contributed by atoms with Gasteiger partial charge >= 0.3 is 23.9 Å². The molecule has 1 heterocycles. The normalized spacial score (nSPS) is 19.0. The Morgan fingerprint density at radius 1 is 0.453 bits per heavy atom. The highest BCUT2D eigenvalue weighted by Crippen LogP contribution is 2.26. The van der Waals surface area contributed by atoms with Gasteiger partial charge in [-0.2, -0.15) is 0 Å². The van der Waals surface area contributed by atoms with Gasteiger partial charge in [0.2, 0.25) is 0 Å². The van der Waals surface area contributed by atoms with Crippen molar-refractivity contribution in [1.29, 1.82) is 0 Å². The lowest BCUT2D eigenvalue weighted by molar-refractivity contribution is -0.301. The SMILES string of the molecule is CC/C=C\C/C=C\C/C=C\C/C=C\CCC(=O)OC1C(OCC(COC(=O)CCCCCCCCCCC/C=C\C/C=C\CCCCC)OC(=O)CCCCC/C=C\C/C=C\C/C=C\CC)OC(C(=O)O)C(O)C1O. The van der Waals surface area contributed by atoms with Crippen LogP contribution in [0.3, 0.4) is 0 Å². The van der Waals surface area contributed by atoms with Crippen LogP contribution in [0.2, 0.25) is 0 Å². The number of rotatable bonds is 47. The number of allylic oxidation sites excluding steroid dienone is 18. The van der Waals surface area contributed by atoms with Gasteiger partial charge in [0.05, 0.1) is 6.61 Å². The second kappa shape index (κ2) is 50.2. The van der Waals surface area contributed by atoms with E-state index in [1.165, 1.54) is 57.8 Å². The van der Waals surface area contributed by atoms with Gasteiger partial charge in [0.1, 0.15) is 18.8 Å². The molecule has 6 unspecified atom stereocenters. The highest BCUT2D eigenvalue weighted by molar-refractivity contribution is 5.74. The minimum atomic E-state index is -1.94. The van der Waals surface area contributed by atoms with Crippen molar-refractivity contribution < 1.29 is 58.2 Å². The average Bonchev–Trinajstić information content (AvgIpc) is 3.39. The van der Waals surface area contributed by atoms with E-state index in [0.29, 0.717) is 25.7 Å². The Balaban J connectivity index is 2.73. The Morgan fingerprint density at radius 3 is 1.35 bits per heavy atom. The second-order valence-electron chi connectivity index (χ2n) is 19.2. The van der Waals surface area contributed by atoms with Gasteiger partial charge in [0.15, 0.2) is 24.6 Å². The van der Waals surface area contributed by atoms with Crippen LogP contribution in [-0.4, -0.2) is 89.2 Å². The van der Waals surface area contributed by atoms with Crippen molar-refractivity contribution >= 4 is 23.9 Å². The minimum absolute atomic E-state index is 0.0696. The van der Waals surface area contributed by atoms with Crippen molar-refractivity contribution in [2.24, 2.45) is 0 Å². The van der Waals surface area contributed by atoms with E-state index in [-0.39, 0.29) is 25.9 Å². The lowest BCUT2D eigenvalue weighted by Gasteiger charge is -2.40. The van der Waals surface area contributed by atoms with E-state index >= 15 is 0 Å². The van der Waals surface area contributed by atoms with Crippen LogP contribution in [-0.2, 0) is 42.9 Å². The first-order valence-corrected chi connectivity index (χ1v) is 28.9. The predicted octanol–water partition coefficient (Wildman–Crippen LogP) is 14.7. The third-order valence-electron chi connectivity index (χ3n) is 12.3. The molecule has 0 aliphatic carbocycles. The van der Waals surface area contributed by atoms with Crippen LogP contribution in [0.1, 0.15) is 213 Å². The van der Waals surface area contributed by atoms with Crippen molar-refractivity contribution in [3.63, 3.8) is 0 Å². The highest BCUT2D eigenvalue weighted by atomic mass is 16.7. The first-order valence-electron chi connectivity index (χ1n) is 28.9. The fourth-order valence-corrected chi connectivity index (χ4v) is 7.95. The number of aliphatic hydroxyl groups excluding tert-OH is 2. The molecule has 75 heavy (non-hydrogen) atoms. The number of ether oxygens (including phenoxy) is 5. The second-order valence-corrected chi connectivity index (χ2v) is 19.2. The standard InChI is InChI=1S/C63H100O12/c1-4-7-10-13-16-19-22-25-26-27-28-29-30-33-34-37-40-43-46-49-55(64)71-52-54(73-56(65)50-47-44-41-38-35-31-23-20-17-14-11-8-5-2)53-72-63-61(59(68)58(67)60(75-63)62(69)70)74-57(66)51-48-45-42-39-36-32-24-21-18-15-12-9-6-3/h8-9,11-12,16-21,25-26,31-32,35-36,42,45,54,58-61,63,67-68H,4-7,10,13-15,22-24,27-30,33-34,37-41,43-44,46-53H2,1-3H3,(H,69,70)/b11-8-,12-9-,19-16-,20-17-,21-18-,26-25-,35-31-,36-32-,45-42-. The summed E-state index contributed by atoms with van der Waals surface area (Å²) < 4.78 is 28.3. The number of unbranched alkanes of at least 4 members (excludes halogenated alkanes) is 15. The number of carboxylic acid groups (broad SMARTS) is 1. The molecule has 1 aliphatic heterocycles. The summed E-state index contributed by atoms with van der Waals surface area (Å²) in [4.78, 5) is 51.0. The summed E-state index contributed by atoms with van der Waals surface area (Å²) in [5, 5.41) is 31.4. The number of esters is 3. The Bertz CT molecular complexity index is 1720. The monoisotopic (exact) mass is 1050 g/mol. The molecule has 12 nitrogen and oxygen atoms in total. The van der Waals surface area contributed by atoms with Crippen molar-refractivity contribution in [2.75, 3.05) is 13.2 Å². The van der Waals surface area contributed by atoms with Gasteiger partial charge in [-0.15, -0.1) is 0 Å². The van der Waals surface area contributed by atoms with Crippen LogP contribution >= 0.6 is 0 Å². The maximum atomic E-state index is 13.1. The topological polar surface area (TPSA) is 175 Å². The Labute approximate surface area is 453 Å². The summed E-state index contributed by atoms with van der Waals surface area (Å²) in [6, 6.07) is 0. The molecule has 0 aromatic rings. The van der Waals surface area contributed by atoms with E-state index < -0.39 is 67.3 Å². The maximum absolute atomic E-state index is 13.1. The summed E-state index contributed by atoms with van der Waals surface area (Å²) in [5.41, 5.74) is 0. The molecular weight excluding hydrogens is 949 g/mol. The van der Waals surface area contributed by atoms with Gasteiger partial charge in [0.25, 0.3) is 0 Å². The van der Waals surface area contributed by atoms with E-state index in [4.69, 9.17) is 23.7 Å². The molecule has 0 aromatic carbocycles. The lowest BCUT2D eigenvalue weighted by atomic mass is 9.98. The van der Waals surface area contributed by atoms with Crippen LogP contribution < -0.4 is 0 Å². The zero-order chi connectivity index (χ0) is 54.7. The van der Waals surface area contributed by atoms with Crippen LogP contribution in [0.5, 0.6) is 0 Å². The quantitative estimate of drug-likeness (QED) is 0.0228. The molecule has 0 bridgehead atoms. The molecule has 0 spiro atoms. The molecule has 0 amide bonds. The molecule has 0 radical (unpaired) electrons. The van der Waals surface area contributed by atoms with Crippen molar-refractivity contribution in [1.82, 2.24) is 0 Å². The van der Waals surface area contributed by atoms with Crippen molar-refractivity contribution in [2.45, 2.75) is 250 Å². The summed E-state index contributed by atoms with van der Waals surface area (Å²) in [5.74, 6) is -3.29. The number of hydrogen-bond acceptors (Lipinski definition) is 11. The molecule has 6 atom stereocenters. The summed E-state index contributed by atoms with van der Waals surface area (Å²) in [6.45, 7) is 5.66. The number of carboxylic acids is 1. The predicted molar refractivity (Wildman–Crippen MR) is 303 cm³/mol. The van der Waals surface area contributed by atoms with Gasteiger partial charge in [0, 0.05) is 19.3 Å². The summed E-state index contributed by atoms with van der Waals surface area (Å²) in [7, 11) is 0. The van der Waals surface area contributed by atoms with Gasteiger partial charge in [-0.25, -0.2) is 4.79 Å². The fraction of sp³-hybridized carbons (Fsp3) is 0.651. The highest BCUT2D eigenvalue weighted by Gasteiger charge is 2.50. The number of aliphatic hydroxyl groups is 2. The summed E-state index contributed by atoms with van der Waals surface area (Å²) >= 11 is 0. The summed E-state index contributed by atoms with van der Waals surface area (Å²) in [6.07, 6.45) is 55.1. The first-order chi connectivity index (χ1) is 36.6. The number of carbonyl (C=O) groups is 4. The van der Waals surface area contributed by atoms with E-state index in [1.54, 1.807) is 0 Å². The zero-order valence-corrected chi connectivity index (χ0v) is 46.5. The molecule has 1 fully saturated rings. The van der Waals surface area contributed by atoms with Crippen LogP contribution in [0.4, 0.5) is 0 Å². The number of carbonyl (C=O) groups excluding carboxylic acids is 3.